The van der Waals surface area contributed by atoms with Crippen molar-refractivity contribution in [1.29, 1.82) is 0 Å². The number of methoxy groups -OCH3 is 1. The molecule has 1 aromatic rings. The fraction of sp³-hybridized carbons (Fsp3) is 0.583. The second-order valence-corrected chi connectivity index (χ2v) is 9.68. The first-order chi connectivity index (χ1) is 15.1. The van der Waals surface area contributed by atoms with Crippen LogP contribution in [0.2, 0.25) is 0 Å². The van der Waals surface area contributed by atoms with E-state index in [0.717, 1.165) is 12.7 Å². The maximum atomic E-state index is 13.0. The smallest absolute Gasteiger partial charge is 0.330 e. The molecule has 0 spiro atoms. The van der Waals surface area contributed by atoms with Gasteiger partial charge >= 0.3 is 23.9 Å². The number of hydrogen-bond donors (Lipinski definition) is 2. The molecular weight excluding hydrogens is 428 g/mol. The maximum absolute atomic E-state index is 13.0. The maximum Gasteiger partial charge on any atom is 0.330 e. The Kier molecular flexibility index (Phi) is 9.88. The van der Waals surface area contributed by atoms with E-state index in [0.29, 0.717) is 0 Å². The molecule has 0 bridgehead atoms. The van der Waals surface area contributed by atoms with Crippen LogP contribution in [0.25, 0.3) is 0 Å². The number of benzene rings is 1. The van der Waals surface area contributed by atoms with Crippen LogP contribution in [0.3, 0.4) is 0 Å². The number of rotatable bonds is 8. The van der Waals surface area contributed by atoms with Crippen LogP contribution in [0.15, 0.2) is 30.3 Å². The molecule has 0 radical (unpaired) electrons. The highest BCUT2D eigenvalue weighted by atomic mass is 16.6. The van der Waals surface area contributed by atoms with Gasteiger partial charge in [0, 0.05) is 0 Å². The van der Waals surface area contributed by atoms with Crippen molar-refractivity contribution in [2.24, 2.45) is 5.92 Å². The van der Waals surface area contributed by atoms with Crippen molar-refractivity contribution in [2.45, 2.75) is 78.2 Å². The normalized spacial score (nSPS) is 14.3. The summed E-state index contributed by atoms with van der Waals surface area (Å²) in [6, 6.07) is 6.64. The summed E-state index contributed by atoms with van der Waals surface area (Å²) < 4.78 is 15.5. The average Bonchev–Trinajstić information content (AvgIpc) is 2.67. The fourth-order valence-electron chi connectivity index (χ4n) is 2.95. The Hall–Kier alpha value is -3.10. The molecule has 0 fully saturated rings. The summed E-state index contributed by atoms with van der Waals surface area (Å²) in [6.07, 6.45) is -0.484. The van der Waals surface area contributed by atoms with Crippen LogP contribution in [0.5, 0.6) is 0 Å². The second kappa shape index (κ2) is 11.7. The van der Waals surface area contributed by atoms with Gasteiger partial charge in [-0.15, -0.1) is 0 Å². The number of hydrogen-bond acceptors (Lipinski definition) is 7. The van der Waals surface area contributed by atoms with Gasteiger partial charge < -0.3 is 24.8 Å². The largest absolute Gasteiger partial charge is 0.469 e. The number of amides is 2. The van der Waals surface area contributed by atoms with Crippen molar-refractivity contribution in [3.8, 4) is 0 Å². The molecular formula is C24H36N2O7. The summed E-state index contributed by atoms with van der Waals surface area (Å²) in [5.41, 5.74) is -0.841. The molecule has 0 unspecified atom stereocenters. The van der Waals surface area contributed by atoms with E-state index < -0.39 is 53.5 Å². The van der Waals surface area contributed by atoms with E-state index in [1.165, 1.54) is 0 Å². The predicted octanol–water partition coefficient (Wildman–Crippen LogP) is 3.28. The molecule has 2 N–H and O–H groups in total. The number of urea groups is 1. The zero-order valence-electron chi connectivity index (χ0n) is 20.7. The summed E-state index contributed by atoms with van der Waals surface area (Å²) in [5.74, 6) is -3.79. The van der Waals surface area contributed by atoms with E-state index >= 15 is 0 Å². The number of nitrogens with one attached hydrogen (secondary N) is 2. The highest BCUT2D eigenvalue weighted by molar-refractivity contribution is 5.91. The summed E-state index contributed by atoms with van der Waals surface area (Å²) in [4.78, 5) is 50.7. The molecule has 1 aromatic carbocycles. The molecule has 0 aliphatic carbocycles. The Balaban J connectivity index is 3.15. The van der Waals surface area contributed by atoms with Gasteiger partial charge in [0.1, 0.15) is 17.2 Å². The first-order valence-corrected chi connectivity index (χ1v) is 10.8. The highest BCUT2D eigenvalue weighted by Gasteiger charge is 2.41. The molecule has 9 heteroatoms. The SMILES string of the molecule is COC(=O)[C@H](CC(=O)OC(C)(C)C)[C@H](NC(=O)N[C@H](C)c1ccccc1)C(=O)OC(C)(C)C. The lowest BCUT2D eigenvalue weighted by Crippen LogP contribution is -2.54. The van der Waals surface area contributed by atoms with Gasteiger partial charge in [-0.25, -0.2) is 9.59 Å². The van der Waals surface area contributed by atoms with Crippen molar-refractivity contribution >= 4 is 23.9 Å². The van der Waals surface area contributed by atoms with Crippen molar-refractivity contribution in [1.82, 2.24) is 10.6 Å². The van der Waals surface area contributed by atoms with Crippen molar-refractivity contribution < 1.29 is 33.4 Å². The predicted molar refractivity (Wildman–Crippen MR) is 122 cm³/mol. The lowest BCUT2D eigenvalue weighted by atomic mass is 9.95. The minimum Gasteiger partial charge on any atom is -0.469 e. The molecule has 0 aromatic heterocycles. The van der Waals surface area contributed by atoms with E-state index in [9.17, 15) is 19.2 Å². The lowest BCUT2D eigenvalue weighted by molar-refractivity contribution is -0.167. The van der Waals surface area contributed by atoms with Crippen LogP contribution in [0, 0.1) is 5.92 Å². The molecule has 3 atom stereocenters. The van der Waals surface area contributed by atoms with Crippen molar-refractivity contribution in [2.75, 3.05) is 7.11 Å². The Labute approximate surface area is 195 Å². The first kappa shape index (κ1) is 27.9. The molecule has 2 amide bonds. The topological polar surface area (TPSA) is 120 Å². The molecule has 0 aliphatic heterocycles. The second-order valence-electron chi connectivity index (χ2n) is 9.68. The van der Waals surface area contributed by atoms with Gasteiger partial charge in [-0.3, -0.25) is 9.59 Å². The zero-order chi connectivity index (χ0) is 25.4. The summed E-state index contributed by atoms with van der Waals surface area (Å²) >= 11 is 0. The Morgan fingerprint density at radius 3 is 1.88 bits per heavy atom. The lowest BCUT2D eigenvalue weighted by Gasteiger charge is -2.29. The zero-order valence-corrected chi connectivity index (χ0v) is 20.7. The minimum atomic E-state index is -1.48. The van der Waals surface area contributed by atoms with Gasteiger partial charge in [-0.1, -0.05) is 30.3 Å². The van der Waals surface area contributed by atoms with Crippen molar-refractivity contribution in [3.63, 3.8) is 0 Å². The first-order valence-electron chi connectivity index (χ1n) is 10.8. The van der Waals surface area contributed by atoms with Gasteiger partial charge in [0.2, 0.25) is 0 Å². The Morgan fingerprint density at radius 1 is 0.848 bits per heavy atom. The van der Waals surface area contributed by atoms with E-state index in [4.69, 9.17) is 14.2 Å². The van der Waals surface area contributed by atoms with E-state index in [1.54, 1.807) is 48.5 Å². The highest BCUT2D eigenvalue weighted by Crippen LogP contribution is 2.20. The number of ether oxygens (including phenoxy) is 3. The Bertz CT molecular complexity index is 825. The summed E-state index contributed by atoms with van der Waals surface area (Å²) in [5, 5.41) is 5.21. The third-order valence-corrected chi connectivity index (χ3v) is 4.31. The number of carbonyl (C=O) groups excluding carboxylic acids is 4. The molecule has 0 heterocycles. The summed E-state index contributed by atoms with van der Waals surface area (Å²) in [7, 11) is 1.13. The van der Waals surface area contributed by atoms with Crippen LogP contribution >= 0.6 is 0 Å². The number of carbonyl (C=O) groups is 4. The van der Waals surface area contributed by atoms with E-state index in [-0.39, 0.29) is 6.04 Å². The molecule has 0 saturated carbocycles. The third-order valence-electron chi connectivity index (χ3n) is 4.31. The molecule has 0 aliphatic rings. The van der Waals surface area contributed by atoms with Crippen molar-refractivity contribution in [3.05, 3.63) is 35.9 Å². The molecule has 0 saturated heterocycles. The standard InChI is InChI=1S/C24H36N2O7/c1-15(16-12-10-9-11-13-16)25-22(30)26-19(21(29)33-24(5,6)7)17(20(28)31-8)14-18(27)32-23(2,3)4/h9-13,15,17,19H,14H2,1-8H3,(H2,25,26,30)/t15-,17-,19+/m1/s1. The quantitative estimate of drug-likeness (QED) is 0.447. The van der Waals surface area contributed by atoms with Gasteiger partial charge in [0.05, 0.1) is 25.5 Å². The summed E-state index contributed by atoms with van der Waals surface area (Å²) in [6.45, 7) is 11.8. The van der Waals surface area contributed by atoms with Crippen LogP contribution < -0.4 is 10.6 Å². The van der Waals surface area contributed by atoms with Gasteiger partial charge in [-0.05, 0) is 54.0 Å². The van der Waals surface area contributed by atoms with E-state index in [1.807, 2.05) is 30.3 Å². The molecule has 184 valence electrons. The molecule has 9 nitrogen and oxygen atoms in total. The van der Waals surface area contributed by atoms with E-state index in [2.05, 4.69) is 10.6 Å². The van der Waals surface area contributed by atoms with Gasteiger partial charge in [-0.2, -0.15) is 0 Å². The van der Waals surface area contributed by atoms with Gasteiger partial charge in [0.25, 0.3) is 0 Å². The Morgan fingerprint density at radius 2 is 1.39 bits per heavy atom. The van der Waals surface area contributed by atoms with Crippen LogP contribution in [0.1, 0.15) is 66.5 Å². The minimum absolute atomic E-state index is 0.382. The average molecular weight is 465 g/mol. The number of esters is 3. The van der Waals surface area contributed by atoms with Crippen LogP contribution in [0.4, 0.5) is 4.79 Å². The van der Waals surface area contributed by atoms with Gasteiger partial charge in [0.15, 0.2) is 0 Å². The molecule has 1 rings (SSSR count). The fourth-order valence-corrected chi connectivity index (χ4v) is 2.95. The molecule has 33 heavy (non-hydrogen) atoms. The monoisotopic (exact) mass is 464 g/mol. The van der Waals surface area contributed by atoms with Crippen LogP contribution in [-0.2, 0) is 28.6 Å². The third kappa shape index (κ3) is 10.4. The van der Waals surface area contributed by atoms with Crippen LogP contribution in [-0.4, -0.2) is 48.3 Å².